The Kier molecular flexibility index (Phi) is 0.618. The van der Waals surface area contributed by atoms with Crippen molar-refractivity contribution in [3.05, 3.63) is 0 Å². The molecular formula is O8Si4. The standard InChI is InChI=1S/O8Si4/c1-9-2-10(1,3-9)8-12-4-11(5-12,6-12)7-9. The predicted molar refractivity (Wildman–Crippen MR) is 31.7 cm³/mol. The van der Waals surface area contributed by atoms with Crippen molar-refractivity contribution in [1.82, 2.24) is 0 Å². The molecule has 64 valence electrons. The number of hydrogen-bond donors (Lipinski definition) is 0. The summed E-state index contributed by atoms with van der Waals surface area (Å²) in [6, 6.07) is 0. The van der Waals surface area contributed by atoms with Crippen molar-refractivity contribution in [3.63, 3.8) is 0 Å². The zero-order chi connectivity index (χ0) is 7.66. The fourth-order valence-corrected chi connectivity index (χ4v) is 18.2. The van der Waals surface area contributed by atoms with Gasteiger partial charge in [-0.25, -0.2) is 0 Å². The maximum Gasteiger partial charge on any atom is 0.656 e. The quantitative estimate of drug-likeness (QED) is 0.447. The Morgan fingerprint density at radius 1 is 0.333 bits per heavy atom. The zero-order valence-corrected chi connectivity index (χ0v) is 9.27. The van der Waals surface area contributed by atoms with Gasteiger partial charge in [-0.1, -0.05) is 0 Å². The summed E-state index contributed by atoms with van der Waals surface area (Å²) < 4.78 is 42.0. The van der Waals surface area contributed by atoms with Crippen LogP contribution in [0, 0.1) is 0 Å². The van der Waals surface area contributed by atoms with E-state index in [2.05, 4.69) is 0 Å². The van der Waals surface area contributed by atoms with E-state index in [9.17, 15) is 0 Å². The van der Waals surface area contributed by atoms with Gasteiger partial charge in [0.25, 0.3) is 0 Å². The maximum absolute atomic E-state index is 5.25. The van der Waals surface area contributed by atoms with E-state index in [4.69, 9.17) is 32.9 Å². The molecule has 0 atom stereocenters. The molecule has 8 nitrogen and oxygen atoms in total. The van der Waals surface area contributed by atoms with Crippen molar-refractivity contribution in [3.8, 4) is 0 Å². The minimum atomic E-state index is -2.81. The van der Waals surface area contributed by atoms with Crippen molar-refractivity contribution in [2.24, 2.45) is 0 Å². The van der Waals surface area contributed by atoms with Crippen LogP contribution in [0.15, 0.2) is 0 Å². The fourth-order valence-electron chi connectivity index (χ4n) is 1.52. The summed E-state index contributed by atoms with van der Waals surface area (Å²) >= 11 is 0. The molecule has 0 spiro atoms. The van der Waals surface area contributed by atoms with Crippen LogP contribution in [0.3, 0.4) is 0 Å². The van der Waals surface area contributed by atoms with Crippen LogP contribution >= 0.6 is 0 Å². The van der Waals surface area contributed by atoms with E-state index >= 15 is 0 Å². The Hall–Kier alpha value is 0.548. The Morgan fingerprint density at radius 3 is 0.667 bits per heavy atom. The van der Waals surface area contributed by atoms with Gasteiger partial charge in [0.2, 0.25) is 0 Å². The highest BCUT2D eigenvalue weighted by molar-refractivity contribution is 7.09. The van der Waals surface area contributed by atoms with Gasteiger partial charge in [0.15, 0.2) is 0 Å². The molecule has 0 saturated carbocycles. The Morgan fingerprint density at radius 2 is 0.500 bits per heavy atom. The molecular weight excluding hydrogens is 240 g/mol. The van der Waals surface area contributed by atoms with Crippen molar-refractivity contribution >= 4 is 36.2 Å². The highest BCUT2D eigenvalue weighted by atomic mass is 28.7. The summed E-state index contributed by atoms with van der Waals surface area (Å²) in [6.45, 7) is 0. The Labute approximate surface area is 69.8 Å². The van der Waals surface area contributed by atoms with Gasteiger partial charge in [-0.2, -0.15) is 0 Å². The van der Waals surface area contributed by atoms with Crippen LogP contribution in [0.25, 0.3) is 0 Å². The van der Waals surface area contributed by atoms with Crippen LogP contribution in [0.1, 0.15) is 0 Å². The van der Waals surface area contributed by atoms with Gasteiger partial charge < -0.3 is 32.9 Å². The van der Waals surface area contributed by atoms with E-state index in [-0.39, 0.29) is 0 Å². The molecule has 0 aliphatic carbocycles. The largest absolute Gasteiger partial charge is 0.656 e. The minimum Gasteiger partial charge on any atom is -0.328 e. The van der Waals surface area contributed by atoms with Crippen LogP contribution in [-0.2, 0) is 32.9 Å². The highest BCUT2D eigenvalue weighted by Crippen LogP contribution is 2.62. The van der Waals surface area contributed by atoms with E-state index < -0.39 is 36.2 Å². The molecule has 0 aromatic rings. The van der Waals surface area contributed by atoms with E-state index in [0.717, 1.165) is 0 Å². The molecule has 0 radical (unpaired) electrons. The topological polar surface area (TPSA) is 73.8 Å². The third kappa shape index (κ3) is 0.408. The lowest BCUT2D eigenvalue weighted by Gasteiger charge is -2.70. The molecule has 0 aromatic carbocycles. The van der Waals surface area contributed by atoms with Crippen LogP contribution < -0.4 is 0 Å². The highest BCUT2D eigenvalue weighted by Gasteiger charge is 3.04. The van der Waals surface area contributed by atoms with Gasteiger partial charge >= 0.3 is 36.2 Å². The third-order valence-corrected chi connectivity index (χ3v) is 18.0. The summed E-state index contributed by atoms with van der Waals surface area (Å²) in [5, 5.41) is 0. The lowest BCUT2D eigenvalue weighted by atomic mass is 15.4. The molecule has 0 aromatic heterocycles. The van der Waals surface area contributed by atoms with Gasteiger partial charge in [0, 0.05) is 0 Å². The number of rotatable bonds is 0. The van der Waals surface area contributed by atoms with E-state index in [1.54, 1.807) is 0 Å². The van der Waals surface area contributed by atoms with Crippen LogP contribution in [0.5, 0.6) is 0 Å². The van der Waals surface area contributed by atoms with Crippen molar-refractivity contribution in [2.75, 3.05) is 0 Å². The smallest absolute Gasteiger partial charge is 0.328 e. The normalized spacial score (nSPS) is 80.0. The summed E-state index contributed by atoms with van der Waals surface area (Å²) in [7, 11) is -11.2. The molecule has 15 aliphatic heterocycles. The van der Waals surface area contributed by atoms with Gasteiger partial charge in [0.1, 0.15) is 0 Å². The van der Waals surface area contributed by atoms with Crippen LogP contribution in [-0.4, -0.2) is 36.2 Å². The molecule has 0 amide bonds. The molecule has 15 saturated heterocycles. The SMILES string of the molecule is O1[Si]23O[Si]1(O2)O[Si]12O[Si](O1)(O2)O3. The van der Waals surface area contributed by atoms with Gasteiger partial charge in [0.05, 0.1) is 0 Å². The lowest BCUT2D eigenvalue weighted by molar-refractivity contribution is -0.244. The van der Waals surface area contributed by atoms with Crippen molar-refractivity contribution < 1.29 is 32.9 Å². The zero-order valence-electron chi connectivity index (χ0n) is 5.27. The second kappa shape index (κ2) is 1.21. The number of hydrogen-bond acceptors (Lipinski definition) is 8. The second-order valence-corrected chi connectivity index (χ2v) is 13.3. The minimum absolute atomic E-state index is 2.81. The average Bonchev–Trinajstić information content (AvgIpc) is 1.37. The summed E-state index contributed by atoms with van der Waals surface area (Å²) in [6.07, 6.45) is 0. The van der Waals surface area contributed by atoms with E-state index in [1.165, 1.54) is 0 Å². The summed E-state index contributed by atoms with van der Waals surface area (Å²) in [5.74, 6) is 0. The molecule has 0 unspecified atom stereocenters. The Bertz CT molecular complexity index is 227. The first-order chi connectivity index (χ1) is 5.66. The molecule has 12 heavy (non-hydrogen) atoms. The van der Waals surface area contributed by atoms with E-state index in [0.29, 0.717) is 0 Å². The van der Waals surface area contributed by atoms with Crippen LogP contribution in [0.2, 0.25) is 0 Å². The molecule has 0 N–H and O–H groups in total. The van der Waals surface area contributed by atoms with Gasteiger partial charge in [-0.15, -0.1) is 0 Å². The van der Waals surface area contributed by atoms with Crippen LogP contribution in [0.4, 0.5) is 0 Å². The molecule has 15 rings (SSSR count). The molecule has 15 heterocycles. The van der Waals surface area contributed by atoms with Gasteiger partial charge in [-0.05, 0) is 0 Å². The fraction of sp³-hybridized carbons (Fsp3) is 0. The lowest BCUT2D eigenvalue weighted by Crippen LogP contribution is -3.06. The molecule has 15 fully saturated rings. The second-order valence-electron chi connectivity index (χ2n) is 2.82. The first-order valence-corrected chi connectivity index (χ1v) is 9.80. The van der Waals surface area contributed by atoms with Crippen molar-refractivity contribution in [2.45, 2.75) is 0 Å². The molecule has 15 aliphatic rings. The first kappa shape index (κ1) is 6.11. The van der Waals surface area contributed by atoms with Crippen molar-refractivity contribution in [1.29, 1.82) is 0 Å². The predicted octanol–water partition coefficient (Wildman–Crippen LogP) is -2.07. The summed E-state index contributed by atoms with van der Waals surface area (Å²) in [4.78, 5) is 0. The maximum atomic E-state index is 5.25. The molecule has 4 bridgehead atoms. The average molecular weight is 240 g/mol. The monoisotopic (exact) mass is 240 g/mol. The molecule has 12 heteroatoms. The third-order valence-electron chi connectivity index (χ3n) is 2.00. The first-order valence-electron chi connectivity index (χ1n) is 3.27. The Balaban J connectivity index is 1.68. The van der Waals surface area contributed by atoms with E-state index in [1.807, 2.05) is 0 Å². The van der Waals surface area contributed by atoms with Gasteiger partial charge in [-0.3, -0.25) is 0 Å². The summed E-state index contributed by atoms with van der Waals surface area (Å²) in [5.41, 5.74) is 0.